The lowest BCUT2D eigenvalue weighted by Gasteiger charge is -2.46. The quantitative estimate of drug-likeness (QED) is 0.352. The molecule has 1 aromatic carbocycles. The van der Waals surface area contributed by atoms with Gasteiger partial charge in [0.25, 0.3) is 0 Å². The molecule has 0 bridgehead atoms. The third-order valence-corrected chi connectivity index (χ3v) is 9.08. The third kappa shape index (κ3) is 4.30. The van der Waals surface area contributed by atoms with Crippen LogP contribution < -0.4 is 5.32 Å². The van der Waals surface area contributed by atoms with Crippen LogP contribution in [0, 0.1) is 29.1 Å². The second kappa shape index (κ2) is 10.2. The molecule has 8 atom stereocenters. The molecule has 6 heteroatoms. The van der Waals surface area contributed by atoms with Crippen LogP contribution in [0.2, 0.25) is 0 Å². The van der Waals surface area contributed by atoms with Crippen LogP contribution in [-0.4, -0.2) is 45.1 Å². The van der Waals surface area contributed by atoms with Crippen molar-refractivity contribution in [2.24, 2.45) is 29.1 Å². The Bertz CT molecular complexity index is 1350. The highest BCUT2D eigenvalue weighted by molar-refractivity contribution is 6.13. The van der Waals surface area contributed by atoms with Gasteiger partial charge in [-0.3, -0.25) is 9.59 Å². The molecule has 1 aliphatic heterocycles. The summed E-state index contributed by atoms with van der Waals surface area (Å²) in [5.74, 6) is -1.17. The monoisotopic (exact) mass is 514 g/mol. The number of H-pyrrole nitrogens is 1. The lowest BCUT2D eigenvalue weighted by molar-refractivity contribution is -0.144. The number of carbonyl (C=O) groups is 2. The first-order valence-corrected chi connectivity index (χ1v) is 13.6. The summed E-state index contributed by atoms with van der Waals surface area (Å²) in [5.41, 5.74) is 2.52. The highest BCUT2D eigenvalue weighted by Gasteiger charge is 2.65. The van der Waals surface area contributed by atoms with E-state index in [1.807, 2.05) is 43.5 Å². The number of aromatic amines is 1. The van der Waals surface area contributed by atoms with Gasteiger partial charge >= 0.3 is 0 Å². The zero-order valence-corrected chi connectivity index (χ0v) is 22.4. The van der Waals surface area contributed by atoms with E-state index >= 15 is 0 Å². The summed E-state index contributed by atoms with van der Waals surface area (Å²) in [5, 5.41) is 25.6. The lowest BCUT2D eigenvalue weighted by Crippen LogP contribution is -2.53. The number of aliphatic hydroxyl groups is 2. The third-order valence-electron chi connectivity index (χ3n) is 9.08. The van der Waals surface area contributed by atoms with Gasteiger partial charge in [-0.15, -0.1) is 0 Å². The number of aliphatic hydroxyl groups excluding tert-OH is 2. The molecule has 0 unspecified atom stereocenters. The van der Waals surface area contributed by atoms with Crippen molar-refractivity contribution in [1.82, 2.24) is 10.3 Å². The number of aromatic nitrogens is 1. The maximum atomic E-state index is 14.2. The first kappa shape index (κ1) is 26.4. The number of rotatable bonds is 2. The molecule has 2 fully saturated rings. The Balaban J connectivity index is 1.60. The summed E-state index contributed by atoms with van der Waals surface area (Å²) >= 11 is 0. The predicted molar refractivity (Wildman–Crippen MR) is 149 cm³/mol. The van der Waals surface area contributed by atoms with Crippen LogP contribution in [0.1, 0.15) is 39.2 Å². The smallest absolute Gasteiger partial charge is 0.235 e. The number of fused-ring (bicyclic) bond motifs is 1. The minimum Gasteiger partial charge on any atom is -0.386 e. The fraction of sp³-hybridized carbons (Fsp3) is 0.438. The maximum Gasteiger partial charge on any atom is 0.235 e. The molecular formula is C32H38N2O4. The number of benzene rings is 1. The summed E-state index contributed by atoms with van der Waals surface area (Å²) in [6.45, 7) is 10.3. The standard InChI is InChI=1S/C32H38N2O4/c1-18-8-7-9-23-15-19(2)21(4)29-26(16-22-17-33-25-11-6-5-10-24(22)25)34-31(38)32(23,29)28(36)13-12-27(35)30(37)20(3)14-18/h5-7,9-14,17-18,21,23,26-27,29-30,33,35,37H,2,8,15-16H2,1,3-4H3,(H,34,38)/b9-7+,13-12+,20-14+/t18-,21+,23-,26-,27-,29-,30+,32+/m0/s1. The minimum atomic E-state index is -1.31. The average molecular weight is 515 g/mol. The molecule has 6 nitrogen and oxygen atoms in total. The summed E-state index contributed by atoms with van der Waals surface area (Å²) in [7, 11) is 0. The SMILES string of the molecule is C=C1C[C@@H]2/C=C/C[C@H](C)/C=C(\C)[C@@H](O)[C@@H](O)/C=C/C(=O)[C@]23C(=O)N[C@@H](Cc2c[nH]c4ccccc24)[C@@H]3[C@@H]1C. The van der Waals surface area contributed by atoms with Gasteiger partial charge in [0.2, 0.25) is 5.91 Å². The van der Waals surface area contributed by atoms with Crippen molar-refractivity contribution in [2.45, 2.75) is 58.3 Å². The second-order valence-electron chi connectivity index (χ2n) is 11.5. The summed E-state index contributed by atoms with van der Waals surface area (Å²) in [6.07, 6.45) is 10.2. The number of para-hydroxylation sites is 1. The molecular weight excluding hydrogens is 476 g/mol. The summed E-state index contributed by atoms with van der Waals surface area (Å²) in [6, 6.07) is 7.83. The van der Waals surface area contributed by atoms with Gasteiger partial charge < -0.3 is 20.5 Å². The van der Waals surface area contributed by atoms with E-state index in [2.05, 4.69) is 35.9 Å². The van der Waals surface area contributed by atoms with Crippen molar-refractivity contribution >= 4 is 22.6 Å². The summed E-state index contributed by atoms with van der Waals surface area (Å²) in [4.78, 5) is 31.5. The molecule has 2 aliphatic carbocycles. The molecule has 3 aliphatic rings. The normalized spacial score (nSPS) is 39.1. The van der Waals surface area contributed by atoms with Crippen molar-refractivity contribution in [2.75, 3.05) is 0 Å². The topological polar surface area (TPSA) is 102 Å². The van der Waals surface area contributed by atoms with Crippen molar-refractivity contribution in [3.05, 3.63) is 84.1 Å². The van der Waals surface area contributed by atoms with Crippen LogP contribution in [0.15, 0.2) is 78.6 Å². The predicted octanol–water partition coefficient (Wildman–Crippen LogP) is 4.41. The van der Waals surface area contributed by atoms with Crippen LogP contribution in [0.5, 0.6) is 0 Å². The lowest BCUT2D eigenvalue weighted by atomic mass is 9.53. The van der Waals surface area contributed by atoms with Crippen molar-refractivity contribution in [1.29, 1.82) is 0 Å². The van der Waals surface area contributed by atoms with Gasteiger partial charge in [0.05, 0.1) is 0 Å². The van der Waals surface area contributed by atoms with Crippen LogP contribution in [0.4, 0.5) is 0 Å². The Kier molecular flexibility index (Phi) is 7.05. The van der Waals surface area contributed by atoms with Crippen molar-refractivity contribution in [3.63, 3.8) is 0 Å². The Morgan fingerprint density at radius 1 is 1.13 bits per heavy atom. The van der Waals surface area contributed by atoms with Crippen molar-refractivity contribution < 1.29 is 19.8 Å². The zero-order valence-electron chi connectivity index (χ0n) is 22.4. The number of amides is 1. The largest absolute Gasteiger partial charge is 0.386 e. The maximum absolute atomic E-state index is 14.2. The first-order valence-electron chi connectivity index (χ1n) is 13.6. The molecule has 1 saturated heterocycles. The second-order valence-corrected chi connectivity index (χ2v) is 11.5. The van der Waals surface area contributed by atoms with Gasteiger partial charge in [0.15, 0.2) is 5.78 Å². The molecule has 2 aromatic rings. The number of hydrogen-bond donors (Lipinski definition) is 4. The molecule has 5 rings (SSSR count). The van der Waals surface area contributed by atoms with Crippen molar-refractivity contribution in [3.8, 4) is 0 Å². The van der Waals surface area contributed by atoms with E-state index in [1.54, 1.807) is 6.92 Å². The van der Waals surface area contributed by atoms with E-state index in [1.165, 1.54) is 12.2 Å². The Morgan fingerprint density at radius 2 is 1.89 bits per heavy atom. The number of ketones is 1. The molecule has 2 heterocycles. The Labute approximate surface area is 224 Å². The van der Waals surface area contributed by atoms with E-state index < -0.39 is 17.6 Å². The van der Waals surface area contributed by atoms with Crippen LogP contribution in [0.25, 0.3) is 10.9 Å². The number of carbonyl (C=O) groups excluding carboxylic acids is 2. The Hall–Kier alpha value is -3.22. The number of hydrogen-bond acceptors (Lipinski definition) is 4. The van der Waals surface area contributed by atoms with E-state index in [-0.39, 0.29) is 41.4 Å². The van der Waals surface area contributed by atoms with Gasteiger partial charge in [0.1, 0.15) is 17.6 Å². The van der Waals surface area contributed by atoms with E-state index in [9.17, 15) is 19.8 Å². The molecule has 1 saturated carbocycles. The molecule has 38 heavy (non-hydrogen) atoms. The molecule has 4 N–H and O–H groups in total. The van der Waals surface area contributed by atoms with Crippen LogP contribution in [0.3, 0.4) is 0 Å². The Morgan fingerprint density at radius 3 is 2.68 bits per heavy atom. The van der Waals surface area contributed by atoms with Gasteiger partial charge in [-0.1, -0.05) is 62.4 Å². The van der Waals surface area contributed by atoms with Gasteiger partial charge in [-0.05, 0) is 67.4 Å². The molecule has 200 valence electrons. The number of nitrogens with one attached hydrogen (secondary N) is 2. The molecule has 1 spiro atoms. The fourth-order valence-electron chi connectivity index (χ4n) is 7.05. The number of allylic oxidation sites excluding steroid dienone is 5. The van der Waals surface area contributed by atoms with E-state index in [4.69, 9.17) is 0 Å². The van der Waals surface area contributed by atoms with Crippen LogP contribution >= 0.6 is 0 Å². The van der Waals surface area contributed by atoms with Gasteiger partial charge in [-0.2, -0.15) is 0 Å². The molecule has 1 amide bonds. The summed E-state index contributed by atoms with van der Waals surface area (Å²) < 4.78 is 0. The first-order chi connectivity index (χ1) is 18.1. The zero-order chi connectivity index (χ0) is 27.2. The average Bonchev–Trinajstić information content (AvgIpc) is 3.43. The fourth-order valence-corrected chi connectivity index (χ4v) is 7.05. The molecule has 1 aromatic heterocycles. The van der Waals surface area contributed by atoms with Gasteiger partial charge in [0, 0.05) is 35.0 Å². The van der Waals surface area contributed by atoms with E-state index in [0.29, 0.717) is 24.8 Å². The minimum absolute atomic E-state index is 0.0554. The highest BCUT2D eigenvalue weighted by atomic mass is 16.3. The van der Waals surface area contributed by atoms with E-state index in [0.717, 1.165) is 22.0 Å². The van der Waals surface area contributed by atoms with Gasteiger partial charge in [-0.25, -0.2) is 0 Å². The van der Waals surface area contributed by atoms with Crippen LogP contribution in [-0.2, 0) is 16.0 Å². The molecule has 0 radical (unpaired) electrons. The highest BCUT2D eigenvalue weighted by Crippen LogP contribution is 2.56.